The molecule has 8 rings (SSSR count). The van der Waals surface area contributed by atoms with Crippen LogP contribution in [0.2, 0.25) is 0 Å². The van der Waals surface area contributed by atoms with E-state index in [0.29, 0.717) is 49.7 Å². The Hall–Kier alpha value is -2.63. The summed E-state index contributed by atoms with van der Waals surface area (Å²) in [4.78, 5) is 43.1. The zero-order valence-electron chi connectivity index (χ0n) is 29.2. The number of nitrogens with two attached hydrogens (primary N) is 1. The molecule has 0 spiro atoms. The van der Waals surface area contributed by atoms with Gasteiger partial charge in [0.1, 0.15) is 11.4 Å². The van der Waals surface area contributed by atoms with Gasteiger partial charge in [-0.15, -0.1) is 0 Å². The van der Waals surface area contributed by atoms with Crippen molar-refractivity contribution in [3.8, 4) is 5.75 Å². The zero-order chi connectivity index (χ0) is 36.4. The van der Waals surface area contributed by atoms with Gasteiger partial charge in [-0.25, -0.2) is 0 Å². The lowest BCUT2D eigenvalue weighted by molar-refractivity contribution is -0.286. The highest BCUT2D eigenvalue weighted by Crippen LogP contribution is 2.71. The number of hydrogen-bond donors (Lipinski definition) is 5. The molecule has 278 valence electrons. The Kier molecular flexibility index (Phi) is 8.29. The summed E-state index contributed by atoms with van der Waals surface area (Å²) >= 11 is 0. The van der Waals surface area contributed by atoms with Crippen LogP contribution in [-0.4, -0.2) is 115 Å². The Bertz CT molecular complexity index is 1700. The summed E-state index contributed by atoms with van der Waals surface area (Å²) in [5.74, 6) is -3.10. The lowest BCUT2D eigenvalue weighted by Gasteiger charge is -2.55. The molecule has 14 heteroatoms. The van der Waals surface area contributed by atoms with E-state index in [-0.39, 0.29) is 48.3 Å². The molecular weight excluding hydrogens is 666 g/mol. The Morgan fingerprint density at radius 2 is 1.57 bits per heavy atom. The Morgan fingerprint density at radius 1 is 0.863 bits per heavy atom. The van der Waals surface area contributed by atoms with Crippen molar-refractivity contribution in [3.63, 3.8) is 0 Å². The molecule has 0 aromatic heterocycles. The van der Waals surface area contributed by atoms with Crippen molar-refractivity contribution < 1.29 is 63.2 Å². The van der Waals surface area contributed by atoms with E-state index in [1.165, 1.54) is 12.1 Å². The number of rotatable bonds is 5. The van der Waals surface area contributed by atoms with Gasteiger partial charge in [0.25, 0.3) is 0 Å². The maximum Gasteiger partial charge on any atom is 0.207 e. The third-order valence-corrected chi connectivity index (χ3v) is 12.6. The summed E-state index contributed by atoms with van der Waals surface area (Å²) < 4.78 is 36.7. The smallest absolute Gasteiger partial charge is 0.207 e. The van der Waals surface area contributed by atoms with Crippen molar-refractivity contribution in [2.45, 2.75) is 163 Å². The first-order valence-corrected chi connectivity index (χ1v) is 18.1. The Balaban J connectivity index is 1.10. The lowest BCUT2D eigenvalue weighted by Crippen LogP contribution is -2.80. The van der Waals surface area contributed by atoms with Crippen LogP contribution in [0.15, 0.2) is 23.8 Å². The molecule has 14 atom stereocenters. The predicted molar refractivity (Wildman–Crippen MR) is 175 cm³/mol. The van der Waals surface area contributed by atoms with E-state index in [1.54, 1.807) is 20.8 Å². The molecule has 0 unspecified atom stereocenters. The number of carbonyl (C=O) groups excluding carboxylic acids is 3. The number of phenolic OH excluding ortho intramolecular Hbond substituents is 1. The predicted octanol–water partition coefficient (Wildman–Crippen LogP) is 1.81. The molecular formula is C37H47NO13. The van der Waals surface area contributed by atoms with E-state index >= 15 is 0 Å². The quantitative estimate of drug-likeness (QED) is 0.275. The van der Waals surface area contributed by atoms with E-state index in [0.717, 1.165) is 6.08 Å². The fourth-order valence-corrected chi connectivity index (χ4v) is 9.58. The van der Waals surface area contributed by atoms with Crippen molar-refractivity contribution in [3.05, 3.63) is 40.5 Å². The van der Waals surface area contributed by atoms with Crippen LogP contribution in [-0.2, 0) is 33.2 Å². The lowest BCUT2D eigenvalue weighted by atomic mass is 9.50. The second kappa shape index (κ2) is 11.9. The number of benzene rings is 1. The summed E-state index contributed by atoms with van der Waals surface area (Å²) in [5.41, 5.74) is -3.41. The third kappa shape index (κ3) is 4.81. The zero-order valence-corrected chi connectivity index (χ0v) is 29.2. The Labute approximate surface area is 295 Å². The van der Waals surface area contributed by atoms with Gasteiger partial charge in [-0.2, -0.15) is 0 Å². The average molecular weight is 714 g/mol. The first-order valence-electron chi connectivity index (χ1n) is 18.1. The highest BCUT2D eigenvalue weighted by molar-refractivity contribution is 6.29. The molecule has 1 saturated carbocycles. The van der Waals surface area contributed by atoms with Gasteiger partial charge >= 0.3 is 0 Å². The van der Waals surface area contributed by atoms with Gasteiger partial charge in [0.2, 0.25) is 17.2 Å². The maximum atomic E-state index is 14.7. The van der Waals surface area contributed by atoms with Crippen molar-refractivity contribution in [1.29, 1.82) is 0 Å². The molecule has 1 aromatic rings. The minimum atomic E-state index is -2.88. The van der Waals surface area contributed by atoms with Crippen LogP contribution in [0.5, 0.6) is 5.75 Å². The van der Waals surface area contributed by atoms with Gasteiger partial charge in [-0.05, 0) is 71.9 Å². The largest absolute Gasteiger partial charge is 0.507 e. The standard InChI is InChI=1S/C37H47NO13/c1-16-13-26(40)36(45)34(44,14-16)27(50-29-11-7-22(38)17(2)47-29)15-35-33(43)30-21(32(42)37(35,36)51-35)6-5-20(31(30)41)25-10-9-24(19(4)46-25)49-28-12-8-23(39)18(3)48-28/h5-6,13,17-19,22-25,27-29,39,41,44-45H,7-12,14-15,38H2,1-4H3/t17-,18+,19+,22-,23+,24+,25-,27-,28+,29-,34-,35-,36-,37+/m1/s1. The van der Waals surface area contributed by atoms with Gasteiger partial charge in [0, 0.05) is 36.4 Å². The normalized spacial score (nSPS) is 47.8. The van der Waals surface area contributed by atoms with Crippen molar-refractivity contribution >= 4 is 17.3 Å². The van der Waals surface area contributed by atoms with Crippen LogP contribution >= 0.6 is 0 Å². The maximum absolute atomic E-state index is 14.7. The van der Waals surface area contributed by atoms with Gasteiger partial charge in [-0.3, -0.25) is 14.4 Å². The van der Waals surface area contributed by atoms with E-state index in [2.05, 4.69) is 0 Å². The fourth-order valence-electron chi connectivity index (χ4n) is 9.58. The van der Waals surface area contributed by atoms with Gasteiger partial charge in [0.15, 0.2) is 29.6 Å². The van der Waals surface area contributed by atoms with Crippen molar-refractivity contribution in [2.24, 2.45) is 5.73 Å². The van der Waals surface area contributed by atoms with Crippen molar-refractivity contribution in [2.75, 3.05) is 0 Å². The van der Waals surface area contributed by atoms with Crippen LogP contribution in [0.3, 0.4) is 0 Å². The first-order chi connectivity index (χ1) is 24.1. The SMILES string of the molecule is CC1=CC(=O)[C@]2(O)[C@@]34O[C@]3(C[C@@H](O[C@@H]3CC[C@@H](N)[C@@H](C)O3)[C@]2(O)C1)C(=O)c1c(ccc([C@H]2CC[C@H](O[C@H]3CC[C@H](O)[C@H](C)O3)[C@H](C)O2)c1O)C4=O. The molecule has 3 aliphatic carbocycles. The van der Waals surface area contributed by atoms with E-state index in [4.69, 9.17) is 34.2 Å². The number of fused-ring (bicyclic) bond motifs is 2. The molecule has 7 aliphatic rings. The monoisotopic (exact) mass is 713 g/mol. The molecule has 4 saturated heterocycles. The molecule has 4 heterocycles. The summed E-state index contributed by atoms with van der Waals surface area (Å²) in [7, 11) is 0. The highest BCUT2D eigenvalue weighted by atomic mass is 16.7. The second-order valence-corrected chi connectivity index (χ2v) is 15.7. The number of epoxide rings is 1. The van der Waals surface area contributed by atoms with E-state index < -0.39 is 82.5 Å². The topological polar surface area (TPSA) is 217 Å². The molecule has 1 aromatic carbocycles. The van der Waals surface area contributed by atoms with E-state index in [1.807, 2.05) is 6.92 Å². The number of hydrogen-bond acceptors (Lipinski definition) is 14. The summed E-state index contributed by atoms with van der Waals surface area (Å²) in [5, 5.41) is 46.6. The molecule has 0 bridgehead atoms. The number of aliphatic hydroxyl groups excluding tert-OH is 1. The average Bonchev–Trinajstić information content (AvgIpc) is 3.79. The van der Waals surface area contributed by atoms with Gasteiger partial charge in [-0.1, -0.05) is 11.6 Å². The Morgan fingerprint density at radius 3 is 2.27 bits per heavy atom. The van der Waals surface area contributed by atoms with Crippen LogP contribution in [0.4, 0.5) is 0 Å². The van der Waals surface area contributed by atoms with Gasteiger partial charge in [0.05, 0.1) is 48.3 Å². The minimum absolute atomic E-state index is 0.224. The molecule has 6 N–H and O–H groups in total. The molecule has 5 fully saturated rings. The molecule has 51 heavy (non-hydrogen) atoms. The van der Waals surface area contributed by atoms with Crippen molar-refractivity contribution in [1.82, 2.24) is 0 Å². The summed E-state index contributed by atoms with van der Waals surface area (Å²) in [6, 6.07) is 2.65. The minimum Gasteiger partial charge on any atom is -0.507 e. The number of phenols is 1. The molecule has 0 amide bonds. The fraction of sp³-hybridized carbons (Fsp3) is 0.703. The number of aliphatic hydroxyl groups is 3. The number of ketones is 3. The summed E-state index contributed by atoms with van der Waals surface area (Å²) in [6.07, 6.45) is -1.82. The third-order valence-electron chi connectivity index (χ3n) is 12.6. The number of aromatic hydroxyl groups is 1. The van der Waals surface area contributed by atoms with Crippen LogP contribution in [0, 0.1) is 0 Å². The van der Waals surface area contributed by atoms with E-state index in [9.17, 15) is 34.8 Å². The summed E-state index contributed by atoms with van der Waals surface area (Å²) in [6.45, 7) is 7.06. The number of Topliss-reactive ketones (excluding diaryl/α,β-unsaturated/α-hetero) is 2. The highest BCUT2D eigenvalue weighted by Gasteiger charge is 2.96. The van der Waals surface area contributed by atoms with Crippen LogP contribution < -0.4 is 5.73 Å². The van der Waals surface area contributed by atoms with Gasteiger partial charge < -0.3 is 54.6 Å². The first kappa shape index (κ1) is 35.4. The molecule has 4 aliphatic heterocycles. The molecule has 0 radical (unpaired) electrons. The number of carbonyl (C=O) groups is 3. The molecule has 14 nitrogen and oxygen atoms in total. The second-order valence-electron chi connectivity index (χ2n) is 15.7. The van der Waals surface area contributed by atoms with Crippen LogP contribution in [0.25, 0.3) is 0 Å². The number of ether oxygens (including phenoxy) is 6. The van der Waals surface area contributed by atoms with Crippen LogP contribution in [0.1, 0.15) is 111 Å².